The Morgan fingerprint density at radius 3 is 1.81 bits per heavy atom. The molecule has 2 atom stereocenters. The molecule has 4 aliphatic heterocycles. The Balaban J connectivity index is 0.943. The molecule has 1 N–H and O–H groups in total. The average molecular weight is 1020 g/mol. The van der Waals surface area contributed by atoms with Crippen LogP contribution in [-0.4, -0.2) is 56.8 Å². The van der Waals surface area contributed by atoms with Gasteiger partial charge in [0, 0.05) is 101 Å². The van der Waals surface area contributed by atoms with Crippen molar-refractivity contribution in [2.45, 2.75) is 123 Å². The van der Waals surface area contributed by atoms with Crippen LogP contribution in [0.4, 0.5) is 28.4 Å². The summed E-state index contributed by atoms with van der Waals surface area (Å²) in [6, 6.07) is 42.5. The van der Waals surface area contributed by atoms with Gasteiger partial charge in [0.1, 0.15) is 18.8 Å². The van der Waals surface area contributed by atoms with E-state index in [0.29, 0.717) is 0 Å². The van der Waals surface area contributed by atoms with E-state index in [1.807, 2.05) is 24.3 Å². The van der Waals surface area contributed by atoms with Crippen molar-refractivity contribution in [3.8, 4) is 5.75 Å². The van der Waals surface area contributed by atoms with E-state index in [1.54, 1.807) is 12.1 Å². The van der Waals surface area contributed by atoms with Crippen LogP contribution >= 0.6 is 0 Å². The molecule has 11 rings (SSSR count). The van der Waals surface area contributed by atoms with E-state index in [1.165, 1.54) is 72.4 Å². The minimum atomic E-state index is -0.485. The highest BCUT2D eigenvalue weighted by Crippen LogP contribution is 2.56. The average Bonchev–Trinajstić information content (AvgIpc) is 4.20. The molecule has 0 spiro atoms. The summed E-state index contributed by atoms with van der Waals surface area (Å²) >= 11 is 0. The molecule has 0 aromatic heterocycles. The third kappa shape index (κ3) is 8.15. The molecule has 0 saturated heterocycles. The largest absolute Gasteiger partial charge is 0.508 e. The third-order valence-corrected chi connectivity index (χ3v) is 18.1. The Bertz CT molecular complexity index is 3770. The molecule has 7 aromatic carbocycles. The van der Waals surface area contributed by atoms with Crippen molar-refractivity contribution in [3.05, 3.63) is 202 Å². The van der Waals surface area contributed by atoms with Crippen LogP contribution < -0.4 is 9.80 Å². The van der Waals surface area contributed by atoms with Crippen LogP contribution in [0.3, 0.4) is 0 Å². The zero-order chi connectivity index (χ0) is 54.2. The summed E-state index contributed by atoms with van der Waals surface area (Å²) in [4.78, 5) is 17.1. The zero-order valence-corrected chi connectivity index (χ0v) is 46.9. The van der Waals surface area contributed by atoms with Gasteiger partial charge in [0.25, 0.3) is 5.69 Å². The van der Waals surface area contributed by atoms with Crippen LogP contribution in [-0.2, 0) is 21.7 Å². The second-order valence-electron chi connectivity index (χ2n) is 23.3. The highest BCUT2D eigenvalue weighted by Gasteiger charge is 2.49. The number of benzene rings is 7. The Labute approximate surface area is 455 Å². The maximum absolute atomic E-state index is 12.4. The molecule has 0 aliphatic carbocycles. The molecular weight excluding hydrogens is 947 g/mol. The number of unbranched alkanes of at least 4 members (excludes halogenated alkanes) is 1. The minimum Gasteiger partial charge on any atom is -0.508 e. The molecule has 0 amide bonds. The lowest BCUT2D eigenvalue weighted by Gasteiger charge is -2.32. The van der Waals surface area contributed by atoms with Gasteiger partial charge in [-0.05, 0) is 167 Å². The molecule has 4 aliphatic rings. The number of anilines is 2. The number of nitrogens with zero attached hydrogens (tertiary/aromatic N) is 5. The van der Waals surface area contributed by atoms with Crippen molar-refractivity contribution >= 4 is 72.2 Å². The number of nitro benzene ring substituents is 1. The molecule has 7 aromatic rings. The predicted molar refractivity (Wildman–Crippen MR) is 322 cm³/mol. The SMILES string of the molecule is CCC[N+]1=C(C=CC=C2N(CC)c3ccc4ccccc4c3C2(C)CCCCC2(C)C(=CC=CC3=[N+](CC)c4cc5cc(O)ccc5cc4C3(C)C)N(CC)c3ccc([N+](=O)[O-])cc32)C(C)(C)c2c1ccc1ccccc21. The van der Waals surface area contributed by atoms with Crippen molar-refractivity contribution in [3.63, 3.8) is 0 Å². The van der Waals surface area contributed by atoms with Gasteiger partial charge in [-0.1, -0.05) is 92.6 Å². The van der Waals surface area contributed by atoms with Gasteiger partial charge < -0.3 is 14.9 Å². The summed E-state index contributed by atoms with van der Waals surface area (Å²) < 4.78 is 4.96. The number of likely N-dealkylation sites (N-methyl/N-ethyl adjacent to an activating group) is 2. The predicted octanol–water partition coefficient (Wildman–Crippen LogP) is 16.7. The maximum Gasteiger partial charge on any atom is 0.269 e. The monoisotopic (exact) mass is 1020 g/mol. The summed E-state index contributed by atoms with van der Waals surface area (Å²) in [6.45, 7) is 26.4. The molecule has 77 heavy (non-hydrogen) atoms. The molecule has 392 valence electrons. The van der Waals surface area contributed by atoms with Gasteiger partial charge in [-0.15, -0.1) is 0 Å². The molecule has 8 nitrogen and oxygen atoms in total. The van der Waals surface area contributed by atoms with Gasteiger partial charge in [0.15, 0.2) is 11.4 Å². The minimum absolute atomic E-state index is 0.127. The Kier molecular flexibility index (Phi) is 13.0. The number of nitro groups is 1. The second-order valence-corrected chi connectivity index (χ2v) is 23.3. The second kappa shape index (κ2) is 19.5. The van der Waals surface area contributed by atoms with E-state index >= 15 is 0 Å². The van der Waals surface area contributed by atoms with Gasteiger partial charge in [-0.25, -0.2) is 0 Å². The number of rotatable bonds is 15. The van der Waals surface area contributed by atoms with Crippen molar-refractivity contribution < 1.29 is 19.2 Å². The summed E-state index contributed by atoms with van der Waals surface area (Å²) in [6.07, 6.45) is 18.6. The lowest BCUT2D eigenvalue weighted by molar-refractivity contribution is -0.437. The van der Waals surface area contributed by atoms with E-state index < -0.39 is 5.41 Å². The van der Waals surface area contributed by atoms with Crippen LogP contribution in [0.1, 0.15) is 124 Å². The fourth-order valence-corrected chi connectivity index (χ4v) is 14.4. The molecule has 0 bridgehead atoms. The van der Waals surface area contributed by atoms with Crippen molar-refractivity contribution in [2.24, 2.45) is 0 Å². The standard InChI is InChI=1S/C69H74N5O3/c1-11-41-73-57-36-32-46-23-15-17-25-52(46)64(57)67(7,8)61(73)28-22-30-63-69(10,65-53-26-18-16-24-47(53)33-37-58(65)71(63)13-3)40-20-19-39-68(9)55-45-50(74(76)77)34-38-56(55)70(12-2)62(68)29-21-27-60-66(5,6)54-43-48-31-35-51(75)42-49(48)44-59(54)72(60)14-4/h15-18,21-38,42-45H,11-14,19-20,39-41H2,1-10H3/q+1/p+1. The number of hydrogen-bond acceptors (Lipinski definition) is 5. The van der Waals surface area contributed by atoms with E-state index in [-0.39, 0.29) is 32.6 Å². The molecule has 2 unspecified atom stereocenters. The van der Waals surface area contributed by atoms with Crippen molar-refractivity contribution in [1.29, 1.82) is 0 Å². The number of aromatic hydroxyl groups is 1. The molecule has 0 fully saturated rings. The number of allylic oxidation sites excluding steroid dienone is 8. The van der Waals surface area contributed by atoms with Gasteiger partial charge in [-0.2, -0.15) is 9.15 Å². The quantitative estimate of drug-likeness (QED) is 0.0479. The van der Waals surface area contributed by atoms with Crippen LogP contribution in [0.5, 0.6) is 5.75 Å². The first-order valence-electron chi connectivity index (χ1n) is 28.2. The van der Waals surface area contributed by atoms with Crippen LogP contribution in [0.25, 0.3) is 32.3 Å². The molecule has 0 saturated carbocycles. The first-order chi connectivity index (χ1) is 37.0. The highest BCUT2D eigenvalue weighted by molar-refractivity contribution is 6.08. The Morgan fingerprint density at radius 1 is 0.571 bits per heavy atom. The Morgan fingerprint density at radius 2 is 1.16 bits per heavy atom. The normalized spacial score (nSPS) is 21.3. The lowest BCUT2D eigenvalue weighted by Crippen LogP contribution is -2.30. The van der Waals surface area contributed by atoms with Gasteiger partial charge >= 0.3 is 0 Å². The van der Waals surface area contributed by atoms with E-state index in [9.17, 15) is 15.2 Å². The van der Waals surface area contributed by atoms with Crippen molar-refractivity contribution in [1.82, 2.24) is 0 Å². The number of hydrogen-bond donors (Lipinski definition) is 1. The molecule has 4 heterocycles. The first kappa shape index (κ1) is 51.5. The topological polar surface area (TPSA) is 75.9 Å². The van der Waals surface area contributed by atoms with E-state index in [4.69, 9.17) is 0 Å². The van der Waals surface area contributed by atoms with Crippen molar-refractivity contribution in [2.75, 3.05) is 36.0 Å². The van der Waals surface area contributed by atoms with Crippen LogP contribution in [0.2, 0.25) is 0 Å². The van der Waals surface area contributed by atoms with Gasteiger partial charge in [0.05, 0.1) is 15.8 Å². The summed E-state index contributed by atoms with van der Waals surface area (Å²) in [5.41, 5.74) is 13.8. The van der Waals surface area contributed by atoms with Crippen LogP contribution in [0, 0.1) is 10.1 Å². The zero-order valence-electron chi connectivity index (χ0n) is 46.9. The molecule has 8 heteroatoms. The fourth-order valence-electron chi connectivity index (χ4n) is 14.4. The fraction of sp³-hybridized carbons (Fsp3) is 0.333. The summed E-state index contributed by atoms with van der Waals surface area (Å²) in [7, 11) is 0. The summed E-state index contributed by atoms with van der Waals surface area (Å²) in [5, 5.41) is 30.1. The molecular formula is C69H75N5O3+2. The van der Waals surface area contributed by atoms with Gasteiger partial charge in [-0.3, -0.25) is 10.1 Å². The number of fused-ring (bicyclic) bond motifs is 9. The number of phenolic OH excluding ortho intramolecular Hbond substituents is 1. The maximum atomic E-state index is 12.4. The third-order valence-electron chi connectivity index (χ3n) is 18.1. The highest BCUT2D eigenvalue weighted by atomic mass is 16.6. The molecule has 0 radical (unpaired) electrons. The van der Waals surface area contributed by atoms with Gasteiger partial charge in [0.2, 0.25) is 11.4 Å². The number of non-ortho nitro benzene ring substituents is 1. The first-order valence-corrected chi connectivity index (χ1v) is 28.2. The number of phenols is 1. The lowest BCUT2D eigenvalue weighted by atomic mass is 9.73. The van der Waals surface area contributed by atoms with E-state index in [2.05, 4.69) is 210 Å². The van der Waals surface area contributed by atoms with E-state index in [0.717, 1.165) is 86.0 Å². The smallest absolute Gasteiger partial charge is 0.269 e. The van der Waals surface area contributed by atoms with Crippen LogP contribution in [0.15, 0.2) is 169 Å². The summed E-state index contributed by atoms with van der Waals surface area (Å²) in [5.74, 6) is 0.266. The Hall–Kier alpha value is -7.58.